The van der Waals surface area contributed by atoms with Crippen LogP contribution >= 0.6 is 0 Å². The summed E-state index contributed by atoms with van der Waals surface area (Å²) in [6, 6.07) is 0.0764. The van der Waals surface area contributed by atoms with E-state index in [2.05, 4.69) is 9.72 Å². The van der Waals surface area contributed by atoms with Crippen molar-refractivity contribution in [2.24, 2.45) is 7.05 Å². The first kappa shape index (κ1) is 6.60. The molecule has 0 radical (unpaired) electrons. The van der Waals surface area contributed by atoms with Gasteiger partial charge < -0.3 is 14.4 Å². The van der Waals surface area contributed by atoms with Crippen molar-refractivity contribution in [3.8, 4) is 6.01 Å². The summed E-state index contributed by atoms with van der Waals surface area (Å²) < 4.78 is 5.72. The minimum atomic E-state index is -1.35. The van der Waals surface area contributed by atoms with Gasteiger partial charge in [-0.1, -0.05) is 0 Å². The molecule has 0 saturated heterocycles. The number of aryl methyl sites for hydroxylation is 1. The van der Waals surface area contributed by atoms with Crippen molar-refractivity contribution in [1.29, 1.82) is 0 Å². The molecule has 0 aliphatic carbocycles. The molecular weight excluding hydrogens is 136 g/mol. The molecule has 1 heterocycles. The lowest BCUT2D eigenvalue weighted by atomic mass is 10.9. The summed E-state index contributed by atoms with van der Waals surface area (Å²) in [4.78, 5) is 13.6. The van der Waals surface area contributed by atoms with Gasteiger partial charge in [0.15, 0.2) is 0 Å². The van der Waals surface area contributed by atoms with Crippen molar-refractivity contribution in [2.75, 3.05) is 0 Å². The third-order valence-corrected chi connectivity index (χ3v) is 0.956. The first-order valence-corrected chi connectivity index (χ1v) is 2.58. The second-order valence-corrected chi connectivity index (χ2v) is 1.69. The fraction of sp³-hybridized carbons (Fsp3) is 0.200. The largest absolute Gasteiger partial charge is 0.513 e. The van der Waals surface area contributed by atoms with Crippen LogP contribution < -0.4 is 4.74 Å². The number of ether oxygens (including phenoxy) is 1. The molecule has 0 aliphatic heterocycles. The molecule has 0 saturated carbocycles. The van der Waals surface area contributed by atoms with E-state index < -0.39 is 6.16 Å². The van der Waals surface area contributed by atoms with Crippen molar-refractivity contribution in [1.82, 2.24) is 9.55 Å². The SMILES string of the molecule is Cn1ccnc1OC(=O)O. The maximum absolute atomic E-state index is 9.94. The predicted octanol–water partition coefficient (Wildman–Crippen LogP) is 0.477. The quantitative estimate of drug-likeness (QED) is 0.579. The zero-order valence-electron chi connectivity index (χ0n) is 5.31. The van der Waals surface area contributed by atoms with Crippen molar-refractivity contribution in [3.63, 3.8) is 0 Å². The Hall–Kier alpha value is -1.52. The molecule has 0 unspecified atom stereocenters. The maximum Gasteiger partial charge on any atom is 0.513 e. The number of imidazole rings is 1. The van der Waals surface area contributed by atoms with E-state index >= 15 is 0 Å². The van der Waals surface area contributed by atoms with E-state index in [1.807, 2.05) is 0 Å². The van der Waals surface area contributed by atoms with Crippen LogP contribution in [0.2, 0.25) is 0 Å². The van der Waals surface area contributed by atoms with Gasteiger partial charge >= 0.3 is 12.2 Å². The van der Waals surface area contributed by atoms with Gasteiger partial charge in [-0.15, -0.1) is 0 Å². The van der Waals surface area contributed by atoms with Crippen molar-refractivity contribution in [2.45, 2.75) is 0 Å². The third kappa shape index (κ3) is 1.25. The van der Waals surface area contributed by atoms with E-state index in [4.69, 9.17) is 5.11 Å². The van der Waals surface area contributed by atoms with Crippen LogP contribution in [0.25, 0.3) is 0 Å². The molecule has 5 nitrogen and oxygen atoms in total. The second-order valence-electron chi connectivity index (χ2n) is 1.69. The molecule has 0 spiro atoms. The van der Waals surface area contributed by atoms with Gasteiger partial charge in [-0.25, -0.2) is 9.78 Å². The van der Waals surface area contributed by atoms with Gasteiger partial charge in [0, 0.05) is 19.4 Å². The zero-order valence-corrected chi connectivity index (χ0v) is 5.31. The number of rotatable bonds is 1. The topological polar surface area (TPSA) is 64.4 Å². The first-order valence-electron chi connectivity index (χ1n) is 2.58. The summed E-state index contributed by atoms with van der Waals surface area (Å²) in [5, 5.41) is 8.13. The lowest BCUT2D eigenvalue weighted by Gasteiger charge is -1.96. The highest BCUT2D eigenvalue weighted by Gasteiger charge is 2.03. The van der Waals surface area contributed by atoms with Gasteiger partial charge in [0.1, 0.15) is 0 Å². The lowest BCUT2D eigenvalue weighted by Crippen LogP contribution is -2.06. The van der Waals surface area contributed by atoms with Crippen LogP contribution in [0.1, 0.15) is 0 Å². The van der Waals surface area contributed by atoms with Gasteiger partial charge in [0.25, 0.3) is 0 Å². The van der Waals surface area contributed by atoms with Crippen molar-refractivity contribution < 1.29 is 14.6 Å². The highest BCUT2D eigenvalue weighted by atomic mass is 16.7. The van der Waals surface area contributed by atoms with E-state index in [1.165, 1.54) is 10.8 Å². The van der Waals surface area contributed by atoms with Gasteiger partial charge in [-0.2, -0.15) is 0 Å². The number of nitrogens with zero attached hydrogens (tertiary/aromatic N) is 2. The summed E-state index contributed by atoms with van der Waals surface area (Å²) in [6.07, 6.45) is 1.70. The second kappa shape index (κ2) is 2.38. The van der Waals surface area contributed by atoms with E-state index in [9.17, 15) is 4.79 Å². The normalized spacial score (nSPS) is 9.30. The van der Waals surface area contributed by atoms with Gasteiger partial charge in [0.2, 0.25) is 0 Å². The highest BCUT2D eigenvalue weighted by molar-refractivity contribution is 5.59. The fourth-order valence-corrected chi connectivity index (χ4v) is 0.528. The molecule has 0 amide bonds. The van der Waals surface area contributed by atoms with Crippen molar-refractivity contribution >= 4 is 6.16 Å². The van der Waals surface area contributed by atoms with Gasteiger partial charge in [0.05, 0.1) is 0 Å². The highest BCUT2D eigenvalue weighted by Crippen LogP contribution is 2.03. The Morgan fingerprint density at radius 1 is 1.90 bits per heavy atom. The summed E-state index contributed by atoms with van der Waals surface area (Å²) >= 11 is 0. The molecule has 5 heteroatoms. The Labute approximate surface area is 56.9 Å². The molecule has 0 atom stereocenters. The smallest absolute Gasteiger partial charge is 0.449 e. The Kier molecular flexibility index (Phi) is 1.57. The van der Waals surface area contributed by atoms with Crippen LogP contribution in [0.5, 0.6) is 6.01 Å². The molecule has 1 N–H and O–H groups in total. The molecule has 54 valence electrons. The summed E-state index contributed by atoms with van der Waals surface area (Å²) in [7, 11) is 1.64. The molecule has 1 aromatic heterocycles. The van der Waals surface area contributed by atoms with Crippen LogP contribution in [-0.4, -0.2) is 20.8 Å². The summed E-state index contributed by atoms with van der Waals surface area (Å²) in [6.45, 7) is 0. The molecule has 0 aromatic carbocycles. The first-order chi connectivity index (χ1) is 4.70. The van der Waals surface area contributed by atoms with Crippen LogP contribution in [0.4, 0.5) is 4.79 Å². The van der Waals surface area contributed by atoms with Crippen LogP contribution in [0.15, 0.2) is 12.4 Å². The summed E-state index contributed by atoms with van der Waals surface area (Å²) in [5.74, 6) is 0. The van der Waals surface area contributed by atoms with Gasteiger partial charge in [-0.3, -0.25) is 0 Å². The van der Waals surface area contributed by atoms with Crippen LogP contribution in [0.3, 0.4) is 0 Å². The Morgan fingerprint density at radius 3 is 3.00 bits per heavy atom. The molecule has 1 rings (SSSR count). The molecular formula is C5H6N2O3. The van der Waals surface area contributed by atoms with E-state index in [0.717, 1.165) is 0 Å². The van der Waals surface area contributed by atoms with Crippen molar-refractivity contribution in [3.05, 3.63) is 12.4 Å². The molecule has 10 heavy (non-hydrogen) atoms. The Morgan fingerprint density at radius 2 is 2.60 bits per heavy atom. The number of carboxylic acid groups (broad SMARTS) is 1. The standard InChI is InChI=1S/C5H6N2O3/c1-7-3-2-6-4(7)10-5(8)9/h2-3H,1H3,(H,8,9). The van der Waals surface area contributed by atoms with E-state index in [-0.39, 0.29) is 6.01 Å². The average molecular weight is 142 g/mol. The van der Waals surface area contributed by atoms with Crippen LogP contribution in [0, 0.1) is 0 Å². The number of carbonyl (C=O) groups is 1. The van der Waals surface area contributed by atoms with Gasteiger partial charge in [-0.05, 0) is 0 Å². The molecule has 0 bridgehead atoms. The van der Waals surface area contributed by atoms with Crippen LogP contribution in [-0.2, 0) is 7.05 Å². The lowest BCUT2D eigenvalue weighted by molar-refractivity contribution is 0.139. The third-order valence-electron chi connectivity index (χ3n) is 0.956. The number of hydrogen-bond donors (Lipinski definition) is 1. The minimum Gasteiger partial charge on any atom is -0.449 e. The molecule has 1 aromatic rings. The van der Waals surface area contributed by atoms with E-state index in [1.54, 1.807) is 13.2 Å². The molecule has 0 aliphatic rings. The maximum atomic E-state index is 9.94. The number of hydrogen-bond acceptors (Lipinski definition) is 3. The Bertz CT molecular complexity index is 243. The average Bonchev–Trinajstić information content (AvgIpc) is 2.15. The Balaban J connectivity index is 2.74. The van der Waals surface area contributed by atoms with E-state index in [0.29, 0.717) is 0 Å². The molecule has 0 fully saturated rings. The zero-order chi connectivity index (χ0) is 7.56. The number of aromatic nitrogens is 2. The minimum absolute atomic E-state index is 0.0764. The fourth-order valence-electron chi connectivity index (χ4n) is 0.528. The summed E-state index contributed by atoms with van der Waals surface area (Å²) in [5.41, 5.74) is 0. The predicted molar refractivity (Wildman–Crippen MR) is 31.9 cm³/mol. The monoisotopic (exact) mass is 142 g/mol.